The highest BCUT2D eigenvalue weighted by molar-refractivity contribution is 7.98. The van der Waals surface area contributed by atoms with Crippen molar-refractivity contribution in [1.82, 2.24) is 19.9 Å². The van der Waals surface area contributed by atoms with Gasteiger partial charge in [-0.05, 0) is 49.3 Å². The third kappa shape index (κ3) is 4.05. The lowest BCUT2D eigenvalue weighted by Gasteiger charge is -2.18. The molecule has 1 aliphatic carbocycles. The Morgan fingerprint density at radius 3 is 3.00 bits per heavy atom. The first-order chi connectivity index (χ1) is 11.3. The molecule has 0 bridgehead atoms. The van der Waals surface area contributed by atoms with E-state index < -0.39 is 0 Å². The van der Waals surface area contributed by atoms with Crippen molar-refractivity contribution < 1.29 is 4.79 Å². The van der Waals surface area contributed by atoms with Gasteiger partial charge in [0.1, 0.15) is 0 Å². The highest BCUT2D eigenvalue weighted by Crippen LogP contribution is 2.28. The van der Waals surface area contributed by atoms with Crippen molar-refractivity contribution in [2.45, 2.75) is 44.6 Å². The molecule has 1 saturated carbocycles. The Morgan fingerprint density at radius 1 is 1.39 bits per heavy atom. The highest BCUT2D eigenvalue weighted by Gasteiger charge is 2.23. The molecule has 2 aromatic rings. The molecular formula is C17H24N4OS. The first-order valence-corrected chi connectivity index (χ1v) is 9.75. The molecular weight excluding hydrogens is 308 g/mol. The van der Waals surface area contributed by atoms with Crippen molar-refractivity contribution in [3.8, 4) is 0 Å². The van der Waals surface area contributed by atoms with Crippen LogP contribution in [0.4, 0.5) is 0 Å². The molecule has 5 nitrogen and oxygen atoms in total. The molecule has 0 aromatic carbocycles. The number of thioether (sulfide) groups is 1. The number of fused-ring (bicyclic) bond motifs is 1. The molecule has 0 aliphatic heterocycles. The first kappa shape index (κ1) is 16.3. The van der Waals surface area contributed by atoms with Crippen molar-refractivity contribution in [3.05, 3.63) is 30.2 Å². The largest absolute Gasteiger partial charge is 0.346 e. The number of amides is 1. The Morgan fingerprint density at radius 2 is 2.22 bits per heavy atom. The van der Waals surface area contributed by atoms with Crippen molar-refractivity contribution in [2.75, 3.05) is 12.0 Å². The summed E-state index contributed by atoms with van der Waals surface area (Å²) in [6.07, 6.45) is 10.5. The van der Waals surface area contributed by atoms with Gasteiger partial charge < -0.3 is 5.32 Å². The molecule has 2 heterocycles. The summed E-state index contributed by atoms with van der Waals surface area (Å²) in [5, 5.41) is 11.7. The van der Waals surface area contributed by atoms with E-state index in [1.807, 2.05) is 28.8 Å². The lowest BCUT2D eigenvalue weighted by atomic mass is 10.0. The van der Waals surface area contributed by atoms with Crippen molar-refractivity contribution >= 4 is 23.3 Å². The van der Waals surface area contributed by atoms with Gasteiger partial charge in [0.05, 0.1) is 6.04 Å². The van der Waals surface area contributed by atoms with E-state index in [1.54, 1.807) is 11.8 Å². The number of nitrogens with zero attached hydrogens (tertiary/aromatic N) is 3. The highest BCUT2D eigenvalue weighted by atomic mass is 32.2. The molecule has 23 heavy (non-hydrogen) atoms. The molecule has 1 fully saturated rings. The molecule has 0 spiro atoms. The molecule has 3 rings (SSSR count). The van der Waals surface area contributed by atoms with Gasteiger partial charge in [-0.1, -0.05) is 18.9 Å². The van der Waals surface area contributed by atoms with Crippen LogP contribution in [0.15, 0.2) is 24.4 Å². The zero-order valence-electron chi connectivity index (χ0n) is 13.6. The molecule has 1 aliphatic rings. The number of carbonyl (C=O) groups excluding carboxylic acids is 1. The summed E-state index contributed by atoms with van der Waals surface area (Å²) in [6.45, 7) is 0. The third-order valence-corrected chi connectivity index (χ3v) is 5.19. The molecule has 1 N–H and O–H groups in total. The average Bonchev–Trinajstić information content (AvgIpc) is 3.20. The monoisotopic (exact) mass is 332 g/mol. The minimum absolute atomic E-state index is 0.0752. The average molecular weight is 332 g/mol. The maximum absolute atomic E-state index is 12.4. The van der Waals surface area contributed by atoms with E-state index in [4.69, 9.17) is 0 Å². The second-order valence-corrected chi connectivity index (χ2v) is 7.23. The first-order valence-electron chi connectivity index (χ1n) is 8.36. The zero-order valence-corrected chi connectivity index (χ0v) is 14.4. The molecule has 2 aromatic heterocycles. The number of nitrogens with one attached hydrogen (secondary N) is 1. The van der Waals surface area contributed by atoms with Gasteiger partial charge in [0.25, 0.3) is 0 Å². The lowest BCUT2D eigenvalue weighted by Crippen LogP contribution is -2.31. The van der Waals surface area contributed by atoms with Gasteiger partial charge in [0.2, 0.25) is 5.91 Å². The van der Waals surface area contributed by atoms with Crippen LogP contribution in [0.3, 0.4) is 0 Å². The Hall–Kier alpha value is -1.56. The number of aromatic nitrogens is 3. The molecule has 0 radical (unpaired) electrons. The van der Waals surface area contributed by atoms with Crippen molar-refractivity contribution in [1.29, 1.82) is 0 Å². The van der Waals surface area contributed by atoms with Gasteiger partial charge in [-0.3, -0.25) is 9.20 Å². The van der Waals surface area contributed by atoms with E-state index in [1.165, 1.54) is 25.7 Å². The minimum atomic E-state index is -0.0752. The quantitative estimate of drug-likeness (QED) is 0.846. The molecule has 124 valence electrons. The van der Waals surface area contributed by atoms with Gasteiger partial charge in [-0.2, -0.15) is 11.8 Å². The molecule has 1 unspecified atom stereocenters. The number of hydrogen-bond donors (Lipinski definition) is 1. The van der Waals surface area contributed by atoms with E-state index >= 15 is 0 Å². The predicted molar refractivity (Wildman–Crippen MR) is 93.4 cm³/mol. The van der Waals surface area contributed by atoms with E-state index in [-0.39, 0.29) is 11.9 Å². The fourth-order valence-corrected chi connectivity index (χ4v) is 3.80. The second kappa shape index (κ2) is 7.81. The summed E-state index contributed by atoms with van der Waals surface area (Å²) in [6, 6.07) is 5.77. The SMILES string of the molecule is CSCCC(NC(=O)CC1CCCC1)c1nnc2ccccn12. The normalized spacial score (nSPS) is 16.7. The summed E-state index contributed by atoms with van der Waals surface area (Å²) >= 11 is 1.78. The Kier molecular flexibility index (Phi) is 5.54. The standard InChI is InChI=1S/C17H24N4OS/c1-23-11-9-14(18-16(22)12-13-6-2-3-7-13)17-20-19-15-8-4-5-10-21(15)17/h4-5,8,10,13-14H,2-3,6-7,9,11-12H2,1H3,(H,18,22). The van der Waals surface area contributed by atoms with Gasteiger partial charge in [-0.15, -0.1) is 10.2 Å². The fourth-order valence-electron chi connectivity index (χ4n) is 3.33. The zero-order chi connectivity index (χ0) is 16.1. The third-order valence-electron chi connectivity index (χ3n) is 4.55. The number of hydrogen-bond acceptors (Lipinski definition) is 4. The number of rotatable bonds is 7. The Labute approximate surface area is 141 Å². The van der Waals surface area contributed by atoms with Gasteiger partial charge in [0.15, 0.2) is 11.5 Å². The van der Waals surface area contributed by atoms with E-state index in [0.717, 1.165) is 23.6 Å². The fraction of sp³-hybridized carbons (Fsp3) is 0.588. The second-order valence-electron chi connectivity index (χ2n) is 6.24. The van der Waals surface area contributed by atoms with Crippen molar-refractivity contribution in [3.63, 3.8) is 0 Å². The maximum Gasteiger partial charge on any atom is 0.220 e. The number of pyridine rings is 1. The molecule has 1 amide bonds. The molecule has 6 heteroatoms. The summed E-state index contributed by atoms with van der Waals surface area (Å²) in [4.78, 5) is 12.4. The Balaban J connectivity index is 1.73. The van der Waals surface area contributed by atoms with Crippen LogP contribution in [0.1, 0.15) is 50.4 Å². The van der Waals surface area contributed by atoms with Gasteiger partial charge >= 0.3 is 0 Å². The number of carbonyl (C=O) groups is 1. The predicted octanol–water partition coefficient (Wildman–Crippen LogP) is 3.22. The van der Waals surface area contributed by atoms with Crippen LogP contribution in [0, 0.1) is 5.92 Å². The Bertz CT molecular complexity index is 651. The van der Waals surface area contributed by atoms with E-state index in [2.05, 4.69) is 21.8 Å². The van der Waals surface area contributed by atoms with E-state index in [9.17, 15) is 4.79 Å². The smallest absolute Gasteiger partial charge is 0.220 e. The van der Waals surface area contributed by atoms with Crippen LogP contribution in [-0.2, 0) is 4.79 Å². The van der Waals surface area contributed by atoms with Crippen LogP contribution < -0.4 is 5.32 Å². The lowest BCUT2D eigenvalue weighted by molar-refractivity contribution is -0.122. The van der Waals surface area contributed by atoms with Crippen LogP contribution >= 0.6 is 11.8 Å². The summed E-state index contributed by atoms with van der Waals surface area (Å²) in [7, 11) is 0. The summed E-state index contributed by atoms with van der Waals surface area (Å²) in [5.74, 6) is 2.52. The molecule has 1 atom stereocenters. The molecule has 0 saturated heterocycles. The summed E-state index contributed by atoms with van der Waals surface area (Å²) in [5.41, 5.74) is 0.821. The van der Waals surface area contributed by atoms with Crippen LogP contribution in [0.2, 0.25) is 0 Å². The maximum atomic E-state index is 12.4. The van der Waals surface area contributed by atoms with Crippen molar-refractivity contribution in [2.24, 2.45) is 5.92 Å². The van der Waals surface area contributed by atoms with E-state index in [0.29, 0.717) is 12.3 Å². The van der Waals surface area contributed by atoms with Gasteiger partial charge in [0, 0.05) is 12.6 Å². The topological polar surface area (TPSA) is 59.3 Å². The minimum Gasteiger partial charge on any atom is -0.346 e. The van der Waals surface area contributed by atoms with Crippen LogP contribution in [0.25, 0.3) is 5.65 Å². The van der Waals surface area contributed by atoms with Crippen LogP contribution in [-0.4, -0.2) is 32.5 Å². The summed E-state index contributed by atoms with van der Waals surface area (Å²) < 4.78 is 1.97. The van der Waals surface area contributed by atoms with Gasteiger partial charge in [-0.25, -0.2) is 0 Å². The van der Waals surface area contributed by atoms with Crippen LogP contribution in [0.5, 0.6) is 0 Å².